The maximum absolute atomic E-state index is 12.7. The number of benzene rings is 3. The van der Waals surface area contributed by atoms with Gasteiger partial charge in [-0.15, -0.1) is 0 Å². The lowest BCUT2D eigenvalue weighted by atomic mass is 10.0. The predicted octanol–water partition coefficient (Wildman–Crippen LogP) is 6.19. The predicted molar refractivity (Wildman–Crippen MR) is 119 cm³/mol. The molecule has 0 spiro atoms. The third kappa shape index (κ3) is 3.79. The van der Waals surface area contributed by atoms with E-state index in [1.807, 2.05) is 49.4 Å². The number of rotatable bonds is 5. The lowest BCUT2D eigenvalue weighted by Gasteiger charge is -2.11. The Morgan fingerprint density at radius 1 is 1.07 bits per heavy atom. The number of ether oxygens (including phenoxy) is 1. The van der Waals surface area contributed by atoms with Crippen LogP contribution in [-0.2, 0) is 0 Å². The molecule has 0 aliphatic carbocycles. The van der Waals surface area contributed by atoms with Crippen LogP contribution in [0.25, 0.3) is 22.6 Å². The lowest BCUT2D eigenvalue weighted by molar-refractivity contribution is 0.102. The highest BCUT2D eigenvalue weighted by molar-refractivity contribution is 6.06. The number of amides is 1. The topological polar surface area (TPSA) is 64.4 Å². The van der Waals surface area contributed by atoms with E-state index in [2.05, 4.69) is 36.3 Å². The Bertz CT molecular complexity index is 1210. The number of carbonyl (C=O) groups excluding carboxylic acids is 1. The van der Waals surface area contributed by atoms with Crippen molar-refractivity contribution < 1.29 is 13.9 Å². The Morgan fingerprint density at radius 3 is 2.53 bits per heavy atom. The number of para-hydroxylation sites is 1. The van der Waals surface area contributed by atoms with E-state index in [0.717, 1.165) is 22.2 Å². The first-order valence-electron chi connectivity index (χ1n) is 9.92. The smallest absolute Gasteiger partial charge is 0.259 e. The summed E-state index contributed by atoms with van der Waals surface area (Å²) in [6.07, 6.45) is 0. The van der Waals surface area contributed by atoms with E-state index in [1.165, 1.54) is 5.56 Å². The van der Waals surface area contributed by atoms with Crippen molar-refractivity contribution in [2.24, 2.45) is 0 Å². The molecule has 3 aromatic carbocycles. The number of hydrogen-bond donors (Lipinski definition) is 1. The van der Waals surface area contributed by atoms with E-state index in [0.29, 0.717) is 28.8 Å². The van der Waals surface area contributed by atoms with Gasteiger partial charge in [0.25, 0.3) is 5.91 Å². The van der Waals surface area contributed by atoms with Crippen LogP contribution in [0.2, 0.25) is 0 Å². The van der Waals surface area contributed by atoms with Crippen molar-refractivity contribution in [2.45, 2.75) is 26.7 Å². The summed E-state index contributed by atoms with van der Waals surface area (Å²) in [6, 6.07) is 19.0. The van der Waals surface area contributed by atoms with Crippen molar-refractivity contribution in [3.63, 3.8) is 0 Å². The lowest BCUT2D eigenvalue weighted by Crippen LogP contribution is -2.13. The summed E-state index contributed by atoms with van der Waals surface area (Å²) in [5.74, 6) is 1.36. The van der Waals surface area contributed by atoms with E-state index in [9.17, 15) is 4.79 Å². The second-order valence-corrected chi connectivity index (χ2v) is 7.59. The average Bonchev–Trinajstić information content (AvgIpc) is 3.17. The Morgan fingerprint density at radius 2 is 1.83 bits per heavy atom. The van der Waals surface area contributed by atoms with Gasteiger partial charge in [-0.05, 0) is 66.4 Å². The highest BCUT2D eigenvalue weighted by atomic mass is 16.5. The zero-order valence-electron chi connectivity index (χ0n) is 17.5. The van der Waals surface area contributed by atoms with Crippen LogP contribution in [0.1, 0.15) is 41.3 Å². The van der Waals surface area contributed by atoms with E-state index in [-0.39, 0.29) is 5.91 Å². The molecular formula is C25H24N2O3. The van der Waals surface area contributed by atoms with Crippen LogP contribution < -0.4 is 10.1 Å². The number of hydrogen-bond acceptors (Lipinski definition) is 4. The zero-order valence-corrected chi connectivity index (χ0v) is 17.5. The molecule has 4 aromatic rings. The van der Waals surface area contributed by atoms with E-state index >= 15 is 0 Å². The third-order valence-electron chi connectivity index (χ3n) is 5.13. The number of anilines is 1. The number of nitrogens with one attached hydrogen (secondary N) is 1. The Balaban J connectivity index is 1.55. The van der Waals surface area contributed by atoms with Gasteiger partial charge in [0, 0.05) is 11.3 Å². The number of aryl methyl sites for hydroxylation is 1. The largest absolute Gasteiger partial charge is 0.496 e. The maximum Gasteiger partial charge on any atom is 0.259 e. The summed E-state index contributed by atoms with van der Waals surface area (Å²) in [5, 5.41) is 2.92. The Labute approximate surface area is 175 Å². The highest BCUT2D eigenvalue weighted by Crippen LogP contribution is 2.28. The van der Waals surface area contributed by atoms with Crippen LogP contribution in [0, 0.1) is 6.92 Å². The fourth-order valence-electron chi connectivity index (χ4n) is 3.42. The van der Waals surface area contributed by atoms with Gasteiger partial charge < -0.3 is 14.5 Å². The first kappa shape index (κ1) is 19.7. The van der Waals surface area contributed by atoms with Crippen molar-refractivity contribution in [3.8, 4) is 17.2 Å². The third-order valence-corrected chi connectivity index (χ3v) is 5.13. The number of aromatic nitrogens is 1. The molecule has 4 rings (SSSR count). The van der Waals surface area contributed by atoms with Crippen molar-refractivity contribution in [1.82, 2.24) is 4.98 Å². The number of nitrogens with zero attached hydrogens (tertiary/aromatic N) is 1. The monoisotopic (exact) mass is 400 g/mol. The summed E-state index contributed by atoms with van der Waals surface area (Å²) in [5.41, 5.74) is 5.79. The van der Waals surface area contributed by atoms with Gasteiger partial charge in [-0.3, -0.25) is 4.79 Å². The van der Waals surface area contributed by atoms with Crippen molar-refractivity contribution in [1.29, 1.82) is 0 Å². The first-order valence-corrected chi connectivity index (χ1v) is 9.92. The molecule has 0 atom stereocenters. The van der Waals surface area contributed by atoms with Crippen molar-refractivity contribution in [2.75, 3.05) is 12.4 Å². The minimum absolute atomic E-state index is 0.216. The molecule has 1 amide bonds. The molecule has 1 heterocycles. The fraction of sp³-hybridized carbons (Fsp3) is 0.200. The van der Waals surface area contributed by atoms with Gasteiger partial charge in [0.2, 0.25) is 5.89 Å². The van der Waals surface area contributed by atoms with E-state index < -0.39 is 0 Å². The van der Waals surface area contributed by atoms with Gasteiger partial charge in [-0.1, -0.05) is 32.0 Å². The van der Waals surface area contributed by atoms with Gasteiger partial charge in [0.1, 0.15) is 11.3 Å². The second kappa shape index (κ2) is 8.03. The van der Waals surface area contributed by atoms with E-state index in [1.54, 1.807) is 13.2 Å². The van der Waals surface area contributed by atoms with Crippen molar-refractivity contribution in [3.05, 3.63) is 77.4 Å². The normalized spacial score (nSPS) is 11.1. The number of methoxy groups -OCH3 is 1. The van der Waals surface area contributed by atoms with Gasteiger partial charge >= 0.3 is 0 Å². The van der Waals surface area contributed by atoms with Crippen molar-refractivity contribution >= 4 is 22.7 Å². The van der Waals surface area contributed by atoms with Crippen LogP contribution in [0.5, 0.6) is 5.75 Å². The summed E-state index contributed by atoms with van der Waals surface area (Å²) in [4.78, 5) is 17.3. The molecule has 0 saturated heterocycles. The standard InChI is InChI=1S/C25H24N2O3/c1-15(2)18-10-13-22-21(14-18)27-25(30-22)17-8-11-19(12-9-17)26-24(28)20-7-5-6-16(3)23(20)29-4/h5-15H,1-4H3,(H,26,28). The molecule has 0 aliphatic rings. The number of fused-ring (bicyclic) bond motifs is 1. The van der Waals surface area contributed by atoms with Crippen LogP contribution in [0.15, 0.2) is 65.1 Å². The van der Waals surface area contributed by atoms with Gasteiger partial charge in [-0.25, -0.2) is 4.98 Å². The molecule has 1 aromatic heterocycles. The zero-order chi connectivity index (χ0) is 21.3. The minimum Gasteiger partial charge on any atom is -0.496 e. The Kier molecular flexibility index (Phi) is 5.27. The summed E-state index contributed by atoms with van der Waals surface area (Å²) in [7, 11) is 1.57. The second-order valence-electron chi connectivity index (χ2n) is 7.59. The Hall–Kier alpha value is -3.60. The SMILES string of the molecule is COc1c(C)cccc1C(=O)Nc1ccc(-c2nc3cc(C(C)C)ccc3o2)cc1. The summed E-state index contributed by atoms with van der Waals surface area (Å²) < 4.78 is 11.3. The maximum atomic E-state index is 12.7. The number of carbonyl (C=O) groups is 1. The molecule has 1 N–H and O–H groups in total. The molecular weight excluding hydrogens is 376 g/mol. The van der Waals surface area contributed by atoms with Gasteiger partial charge in [-0.2, -0.15) is 0 Å². The molecule has 30 heavy (non-hydrogen) atoms. The van der Waals surface area contributed by atoms with Crippen LogP contribution in [0.4, 0.5) is 5.69 Å². The fourth-order valence-corrected chi connectivity index (χ4v) is 3.42. The average molecular weight is 400 g/mol. The molecule has 0 saturated carbocycles. The molecule has 152 valence electrons. The quantitative estimate of drug-likeness (QED) is 0.434. The highest BCUT2D eigenvalue weighted by Gasteiger charge is 2.15. The van der Waals surface area contributed by atoms with Crippen LogP contribution >= 0.6 is 0 Å². The van der Waals surface area contributed by atoms with Crippen LogP contribution in [0.3, 0.4) is 0 Å². The molecule has 0 aliphatic heterocycles. The number of oxazole rings is 1. The van der Waals surface area contributed by atoms with Crippen LogP contribution in [-0.4, -0.2) is 18.0 Å². The summed E-state index contributed by atoms with van der Waals surface area (Å²) >= 11 is 0. The summed E-state index contributed by atoms with van der Waals surface area (Å²) in [6.45, 7) is 6.22. The van der Waals surface area contributed by atoms with Gasteiger partial charge in [0.15, 0.2) is 5.58 Å². The molecule has 0 fully saturated rings. The van der Waals surface area contributed by atoms with Gasteiger partial charge in [0.05, 0.1) is 12.7 Å². The van der Waals surface area contributed by atoms with E-state index in [4.69, 9.17) is 9.15 Å². The molecule has 0 bridgehead atoms. The first-order chi connectivity index (χ1) is 14.5. The molecule has 5 heteroatoms. The molecule has 0 radical (unpaired) electrons. The molecule has 0 unspecified atom stereocenters. The molecule has 5 nitrogen and oxygen atoms in total. The minimum atomic E-state index is -0.216.